The first-order chi connectivity index (χ1) is 12.6. The van der Waals surface area contributed by atoms with E-state index >= 15 is 0 Å². The quantitative estimate of drug-likeness (QED) is 0.655. The minimum absolute atomic E-state index is 0.105. The van der Waals surface area contributed by atoms with Crippen molar-refractivity contribution in [1.82, 2.24) is 14.8 Å². The van der Waals surface area contributed by atoms with Crippen molar-refractivity contribution in [3.8, 4) is 22.4 Å². The minimum Gasteiger partial charge on any atom is -0.311 e. The van der Waals surface area contributed by atoms with Gasteiger partial charge in [0.15, 0.2) is 0 Å². The van der Waals surface area contributed by atoms with Crippen LogP contribution in [0.3, 0.4) is 0 Å². The van der Waals surface area contributed by atoms with E-state index in [1.165, 1.54) is 12.1 Å². The molecule has 26 heavy (non-hydrogen) atoms. The summed E-state index contributed by atoms with van der Waals surface area (Å²) >= 11 is 5.84. The van der Waals surface area contributed by atoms with E-state index in [0.717, 1.165) is 16.7 Å². The lowest BCUT2D eigenvalue weighted by molar-refractivity contribution is -0.115. The molecule has 0 saturated carbocycles. The normalized spacial score (nSPS) is 10.7. The Morgan fingerprint density at radius 2 is 2.00 bits per heavy atom. The number of pyridine rings is 1. The standard InChI is InChI=1S/C19H18ClFN4O/c1-2-18(26)23-17-11-14(7-9-22-17)16-12-25(10-8-20)24-19(16)13-3-5-15(21)6-4-13/h3-7,9,11-12H,2,8,10H2,1H3,(H,22,23,26). The molecule has 2 aromatic heterocycles. The molecule has 2 heterocycles. The van der Waals surface area contributed by atoms with Gasteiger partial charge in [-0.2, -0.15) is 5.10 Å². The van der Waals surface area contributed by atoms with Crippen LogP contribution in [0.4, 0.5) is 10.2 Å². The SMILES string of the molecule is CCC(=O)Nc1cc(-c2cn(CCCl)nc2-c2ccc(F)cc2)ccn1. The molecule has 0 aliphatic carbocycles. The van der Waals surface area contributed by atoms with E-state index in [4.69, 9.17) is 11.6 Å². The van der Waals surface area contributed by atoms with Gasteiger partial charge < -0.3 is 5.32 Å². The van der Waals surface area contributed by atoms with E-state index in [9.17, 15) is 9.18 Å². The summed E-state index contributed by atoms with van der Waals surface area (Å²) in [6.45, 7) is 2.34. The predicted octanol–water partition coefficient (Wildman–Crippen LogP) is 4.34. The van der Waals surface area contributed by atoms with Gasteiger partial charge in [0.1, 0.15) is 17.3 Å². The molecule has 0 saturated heterocycles. The number of carbonyl (C=O) groups excluding carboxylic acids is 1. The number of rotatable bonds is 6. The van der Waals surface area contributed by atoms with E-state index in [-0.39, 0.29) is 11.7 Å². The smallest absolute Gasteiger partial charge is 0.225 e. The Balaban J connectivity index is 2.04. The molecule has 3 rings (SSSR count). The van der Waals surface area contributed by atoms with Crippen molar-refractivity contribution in [1.29, 1.82) is 0 Å². The Hall–Kier alpha value is -2.73. The van der Waals surface area contributed by atoms with Gasteiger partial charge in [-0.25, -0.2) is 9.37 Å². The lowest BCUT2D eigenvalue weighted by atomic mass is 10.0. The van der Waals surface area contributed by atoms with Gasteiger partial charge in [0, 0.05) is 35.8 Å². The highest BCUT2D eigenvalue weighted by Gasteiger charge is 2.14. The summed E-state index contributed by atoms with van der Waals surface area (Å²) in [6.07, 6.45) is 3.90. The Kier molecular flexibility index (Phi) is 5.63. The molecule has 1 aromatic carbocycles. The van der Waals surface area contributed by atoms with Crippen molar-refractivity contribution in [2.45, 2.75) is 19.9 Å². The number of aromatic nitrogens is 3. The number of anilines is 1. The summed E-state index contributed by atoms with van der Waals surface area (Å²) in [7, 11) is 0. The van der Waals surface area contributed by atoms with Crippen LogP contribution in [0.5, 0.6) is 0 Å². The molecule has 0 bridgehead atoms. The van der Waals surface area contributed by atoms with Gasteiger partial charge in [0.25, 0.3) is 0 Å². The fraction of sp³-hybridized carbons (Fsp3) is 0.211. The van der Waals surface area contributed by atoms with Crippen molar-refractivity contribution < 1.29 is 9.18 Å². The summed E-state index contributed by atoms with van der Waals surface area (Å²) in [5.41, 5.74) is 3.22. The zero-order chi connectivity index (χ0) is 18.5. The van der Waals surface area contributed by atoms with Gasteiger partial charge >= 0.3 is 0 Å². The van der Waals surface area contributed by atoms with Crippen LogP contribution in [0.2, 0.25) is 0 Å². The van der Waals surface area contributed by atoms with Crippen molar-refractivity contribution in [2.24, 2.45) is 0 Å². The number of hydrogen-bond acceptors (Lipinski definition) is 3. The van der Waals surface area contributed by atoms with Crippen LogP contribution in [0, 0.1) is 5.82 Å². The Labute approximate surface area is 155 Å². The van der Waals surface area contributed by atoms with Gasteiger partial charge in [0.05, 0.1) is 6.54 Å². The zero-order valence-electron chi connectivity index (χ0n) is 14.2. The van der Waals surface area contributed by atoms with E-state index in [2.05, 4.69) is 15.4 Å². The summed E-state index contributed by atoms with van der Waals surface area (Å²) in [6, 6.07) is 9.82. The number of alkyl halides is 1. The van der Waals surface area contributed by atoms with Crippen LogP contribution in [0.1, 0.15) is 13.3 Å². The fourth-order valence-electron chi connectivity index (χ4n) is 2.55. The van der Waals surface area contributed by atoms with Gasteiger partial charge in [-0.1, -0.05) is 6.92 Å². The predicted molar refractivity (Wildman–Crippen MR) is 100 cm³/mol. The number of halogens is 2. The average molecular weight is 373 g/mol. The Morgan fingerprint density at radius 3 is 2.69 bits per heavy atom. The van der Waals surface area contributed by atoms with Gasteiger partial charge in [0.2, 0.25) is 5.91 Å². The third kappa shape index (κ3) is 4.08. The maximum atomic E-state index is 13.3. The van der Waals surface area contributed by atoms with Crippen molar-refractivity contribution in [3.05, 3.63) is 54.6 Å². The van der Waals surface area contributed by atoms with E-state index in [1.54, 1.807) is 36.0 Å². The second-order valence-corrected chi connectivity index (χ2v) is 6.06. The molecule has 5 nitrogen and oxygen atoms in total. The van der Waals surface area contributed by atoms with Crippen LogP contribution in [0.15, 0.2) is 48.8 Å². The molecule has 1 N–H and O–H groups in total. The second-order valence-electron chi connectivity index (χ2n) is 5.68. The molecule has 0 aliphatic heterocycles. The number of carbonyl (C=O) groups is 1. The molecule has 134 valence electrons. The molecule has 0 aliphatic rings. The number of aryl methyl sites for hydroxylation is 1. The summed E-state index contributed by atoms with van der Waals surface area (Å²) in [4.78, 5) is 15.8. The molecule has 0 fully saturated rings. The van der Waals surface area contributed by atoms with E-state index in [1.807, 2.05) is 12.3 Å². The molecule has 3 aromatic rings. The number of nitrogens with zero attached hydrogens (tertiary/aromatic N) is 3. The molecule has 0 radical (unpaired) electrons. The lowest BCUT2D eigenvalue weighted by Gasteiger charge is -2.06. The average Bonchev–Trinajstić information content (AvgIpc) is 3.07. The lowest BCUT2D eigenvalue weighted by Crippen LogP contribution is -2.10. The number of hydrogen-bond donors (Lipinski definition) is 1. The molecule has 0 spiro atoms. The number of nitrogens with one attached hydrogen (secondary N) is 1. The molecular formula is C19H18ClFN4O. The summed E-state index contributed by atoms with van der Waals surface area (Å²) in [5.74, 6) is 0.498. The zero-order valence-corrected chi connectivity index (χ0v) is 15.0. The molecule has 0 atom stereocenters. The largest absolute Gasteiger partial charge is 0.311 e. The molecule has 0 unspecified atom stereocenters. The first-order valence-corrected chi connectivity index (χ1v) is 8.79. The van der Waals surface area contributed by atoms with E-state index in [0.29, 0.717) is 30.4 Å². The molecular weight excluding hydrogens is 355 g/mol. The van der Waals surface area contributed by atoms with Crippen LogP contribution >= 0.6 is 11.6 Å². The van der Waals surface area contributed by atoms with Crippen LogP contribution in [-0.2, 0) is 11.3 Å². The van der Waals surface area contributed by atoms with Crippen molar-refractivity contribution in [2.75, 3.05) is 11.2 Å². The maximum absolute atomic E-state index is 13.3. The van der Waals surface area contributed by atoms with Crippen LogP contribution < -0.4 is 5.32 Å². The first-order valence-electron chi connectivity index (χ1n) is 8.26. The van der Waals surface area contributed by atoms with Crippen LogP contribution in [0.25, 0.3) is 22.4 Å². The molecule has 1 amide bonds. The highest BCUT2D eigenvalue weighted by Crippen LogP contribution is 2.32. The fourth-order valence-corrected chi connectivity index (χ4v) is 2.73. The minimum atomic E-state index is -0.302. The molecule has 7 heteroatoms. The van der Waals surface area contributed by atoms with Crippen molar-refractivity contribution in [3.63, 3.8) is 0 Å². The highest BCUT2D eigenvalue weighted by molar-refractivity contribution is 6.17. The van der Waals surface area contributed by atoms with Gasteiger partial charge in [-0.15, -0.1) is 11.6 Å². The summed E-state index contributed by atoms with van der Waals surface area (Å²) < 4.78 is 15.0. The third-order valence-corrected chi connectivity index (χ3v) is 4.02. The second kappa shape index (κ2) is 8.10. The summed E-state index contributed by atoms with van der Waals surface area (Å²) in [5, 5.41) is 7.34. The highest BCUT2D eigenvalue weighted by atomic mass is 35.5. The Morgan fingerprint density at radius 1 is 1.23 bits per heavy atom. The number of amides is 1. The van der Waals surface area contributed by atoms with E-state index < -0.39 is 0 Å². The van der Waals surface area contributed by atoms with Gasteiger partial charge in [-0.3, -0.25) is 9.48 Å². The third-order valence-electron chi connectivity index (χ3n) is 3.85. The van der Waals surface area contributed by atoms with Crippen molar-refractivity contribution >= 4 is 23.3 Å². The number of benzene rings is 1. The Bertz CT molecular complexity index is 908. The topological polar surface area (TPSA) is 59.8 Å². The van der Waals surface area contributed by atoms with Crippen LogP contribution in [-0.4, -0.2) is 26.6 Å². The maximum Gasteiger partial charge on any atom is 0.225 e. The first kappa shape index (κ1) is 18.1. The monoisotopic (exact) mass is 372 g/mol. The van der Waals surface area contributed by atoms with Gasteiger partial charge in [-0.05, 0) is 42.0 Å².